The van der Waals surface area contributed by atoms with Crippen LogP contribution in [-0.2, 0) is 54.1 Å². The van der Waals surface area contributed by atoms with Crippen molar-refractivity contribution in [1.29, 1.82) is 0 Å². The maximum atomic E-state index is 12.4. The number of carbonyl (C=O) groups excluding carboxylic acids is 2. The number of hydrogen-bond acceptors (Lipinski definition) is 10. The van der Waals surface area contributed by atoms with E-state index in [0.29, 0.717) is 25.6 Å². The summed E-state index contributed by atoms with van der Waals surface area (Å²) in [6.45, 7) is 18.3. The summed E-state index contributed by atoms with van der Waals surface area (Å²) in [5.74, 6) is -0.402. The smallest absolute Gasteiger partial charge is 0.302 e. The number of amides is 1. The van der Waals surface area contributed by atoms with E-state index in [-0.39, 0.29) is 47.9 Å². The molecular formula is C36H57NO10. The molecule has 3 fully saturated rings. The van der Waals surface area contributed by atoms with E-state index >= 15 is 0 Å². The highest BCUT2D eigenvalue weighted by molar-refractivity contribution is 5.73. The fourth-order valence-electron chi connectivity index (χ4n) is 7.09. The van der Waals surface area contributed by atoms with Gasteiger partial charge in [0.1, 0.15) is 18.2 Å². The molecule has 11 heteroatoms. The predicted octanol–water partition coefficient (Wildman–Crippen LogP) is 4.84. The number of benzene rings is 1. The molecule has 4 rings (SSSR count). The quantitative estimate of drug-likeness (QED) is 0.311. The summed E-state index contributed by atoms with van der Waals surface area (Å²) in [7, 11) is 1.57. The predicted molar refractivity (Wildman–Crippen MR) is 174 cm³/mol. The molecule has 1 aromatic carbocycles. The topological polar surface area (TPSA) is 120 Å². The summed E-state index contributed by atoms with van der Waals surface area (Å²) >= 11 is 0. The van der Waals surface area contributed by atoms with Crippen molar-refractivity contribution in [2.75, 3.05) is 13.7 Å². The van der Waals surface area contributed by atoms with Gasteiger partial charge in [-0.1, -0.05) is 71.9 Å². The van der Waals surface area contributed by atoms with E-state index < -0.39 is 49.2 Å². The van der Waals surface area contributed by atoms with E-state index in [4.69, 9.17) is 37.9 Å². The molecule has 11 nitrogen and oxygen atoms in total. The second-order valence-corrected chi connectivity index (χ2v) is 13.7. The second kappa shape index (κ2) is 17.0. The molecule has 266 valence electrons. The number of nitrogens with one attached hydrogen (secondary N) is 1. The van der Waals surface area contributed by atoms with Crippen molar-refractivity contribution in [2.45, 2.75) is 137 Å². The number of hydrogen-bond donors (Lipinski definition) is 1. The zero-order chi connectivity index (χ0) is 34.4. The first-order valence-corrected chi connectivity index (χ1v) is 17.2. The molecule has 0 saturated carbocycles. The van der Waals surface area contributed by atoms with Gasteiger partial charge in [-0.25, -0.2) is 0 Å². The Morgan fingerprint density at radius 2 is 1.40 bits per heavy atom. The van der Waals surface area contributed by atoms with Gasteiger partial charge in [-0.15, -0.1) is 0 Å². The van der Waals surface area contributed by atoms with Crippen LogP contribution in [-0.4, -0.2) is 87.1 Å². The standard InChI is InChI=1S/C36H57NO10/c1-11-28-23(6)31(43-26(9)39)30(37-25(8)38)35(44-28)47-33-32(22(5)24(7)42-36(33)40-10)46-34-21(4)19(2)20(3)29(45-34)18-41-17-27-15-13-12-14-16-27/h12-16,19-24,28-36H,11,17-18H2,1-10H3,(H,37,38)/t19?,20-,21?,22-,23+,24?,28?,29-,30?,31-,32-,33?,34+,35-,36+/m0/s1. The van der Waals surface area contributed by atoms with Gasteiger partial charge in [-0.05, 0) is 30.7 Å². The van der Waals surface area contributed by atoms with Crippen LogP contribution in [0.25, 0.3) is 0 Å². The highest BCUT2D eigenvalue weighted by Gasteiger charge is 2.53. The van der Waals surface area contributed by atoms with Crippen LogP contribution in [0.3, 0.4) is 0 Å². The molecule has 6 unspecified atom stereocenters. The van der Waals surface area contributed by atoms with Crippen molar-refractivity contribution in [3.05, 3.63) is 35.9 Å². The molecule has 1 N–H and O–H groups in total. The first-order valence-electron chi connectivity index (χ1n) is 17.2. The third-order valence-corrected chi connectivity index (χ3v) is 10.5. The third-order valence-electron chi connectivity index (χ3n) is 10.5. The van der Waals surface area contributed by atoms with E-state index in [1.54, 1.807) is 7.11 Å². The molecule has 0 bridgehead atoms. The molecule has 3 aliphatic heterocycles. The van der Waals surface area contributed by atoms with Crippen molar-refractivity contribution in [3.8, 4) is 0 Å². The first-order chi connectivity index (χ1) is 22.4. The highest BCUT2D eigenvalue weighted by Crippen LogP contribution is 2.40. The van der Waals surface area contributed by atoms with Gasteiger partial charge in [0.05, 0.1) is 37.6 Å². The Kier molecular flexibility index (Phi) is 13.6. The van der Waals surface area contributed by atoms with Gasteiger partial charge in [0, 0.05) is 38.7 Å². The van der Waals surface area contributed by atoms with E-state index in [2.05, 4.69) is 33.0 Å². The lowest BCUT2D eigenvalue weighted by Gasteiger charge is -2.51. The van der Waals surface area contributed by atoms with Crippen LogP contribution in [0.4, 0.5) is 0 Å². The second-order valence-electron chi connectivity index (χ2n) is 13.7. The van der Waals surface area contributed by atoms with Gasteiger partial charge in [-0.3, -0.25) is 9.59 Å². The number of ether oxygens (including phenoxy) is 8. The number of esters is 1. The fourth-order valence-corrected chi connectivity index (χ4v) is 7.09. The van der Waals surface area contributed by atoms with Gasteiger partial charge in [0.25, 0.3) is 0 Å². The van der Waals surface area contributed by atoms with Crippen LogP contribution < -0.4 is 5.32 Å². The molecule has 47 heavy (non-hydrogen) atoms. The van der Waals surface area contributed by atoms with E-state index in [1.807, 2.05) is 51.1 Å². The average Bonchev–Trinajstić information content (AvgIpc) is 3.04. The summed E-state index contributed by atoms with van der Waals surface area (Å²) in [6, 6.07) is 9.33. The first kappa shape index (κ1) is 37.7. The maximum Gasteiger partial charge on any atom is 0.302 e. The minimum Gasteiger partial charge on any atom is -0.460 e. The summed E-state index contributed by atoms with van der Waals surface area (Å²) in [5.41, 5.74) is 1.11. The van der Waals surface area contributed by atoms with Crippen LogP contribution in [0, 0.1) is 29.6 Å². The minimum atomic E-state index is -0.967. The van der Waals surface area contributed by atoms with E-state index in [0.717, 1.165) is 5.56 Å². The monoisotopic (exact) mass is 663 g/mol. The third kappa shape index (κ3) is 9.12. The summed E-state index contributed by atoms with van der Waals surface area (Å²) < 4.78 is 50.8. The lowest BCUT2D eigenvalue weighted by Crippen LogP contribution is -2.65. The van der Waals surface area contributed by atoms with Crippen molar-refractivity contribution in [2.24, 2.45) is 29.6 Å². The van der Waals surface area contributed by atoms with Gasteiger partial charge in [-0.2, -0.15) is 0 Å². The Labute approximate surface area is 280 Å². The van der Waals surface area contributed by atoms with Crippen LogP contribution in [0.2, 0.25) is 0 Å². The summed E-state index contributed by atoms with van der Waals surface area (Å²) in [6.07, 6.45) is -4.23. The number of rotatable bonds is 12. The van der Waals surface area contributed by atoms with Crippen LogP contribution >= 0.6 is 0 Å². The summed E-state index contributed by atoms with van der Waals surface area (Å²) in [4.78, 5) is 24.6. The zero-order valence-electron chi connectivity index (χ0n) is 29.8. The molecule has 3 aliphatic rings. The van der Waals surface area contributed by atoms with Crippen molar-refractivity contribution >= 4 is 11.9 Å². The molecule has 3 heterocycles. The average molecular weight is 664 g/mol. The summed E-state index contributed by atoms with van der Waals surface area (Å²) in [5, 5.41) is 2.93. The van der Waals surface area contributed by atoms with Crippen LogP contribution in [0.5, 0.6) is 0 Å². The molecular weight excluding hydrogens is 606 g/mol. The van der Waals surface area contributed by atoms with E-state index in [9.17, 15) is 9.59 Å². The Bertz CT molecular complexity index is 1140. The SMILES string of the molecule is CCC1O[C@@H](OC2[C@H](OC)OC(C)[C@H](C)[C@@H]2O[C@H]2O[C@@H](COCc3ccccc3)[C@@H](C)C(C)C2C)C(NC(C)=O)[C@@H](OC(C)=O)[C@@H]1C. The van der Waals surface area contributed by atoms with Gasteiger partial charge in [0.15, 0.2) is 18.9 Å². The van der Waals surface area contributed by atoms with Crippen molar-refractivity contribution in [1.82, 2.24) is 5.32 Å². The molecule has 0 radical (unpaired) electrons. The lowest BCUT2D eigenvalue weighted by atomic mass is 9.79. The minimum absolute atomic E-state index is 0.0825. The molecule has 0 aromatic heterocycles. The van der Waals surface area contributed by atoms with E-state index in [1.165, 1.54) is 13.8 Å². The van der Waals surface area contributed by atoms with Crippen LogP contribution in [0.15, 0.2) is 30.3 Å². The largest absolute Gasteiger partial charge is 0.460 e. The fraction of sp³-hybridized carbons (Fsp3) is 0.778. The molecule has 1 amide bonds. The molecule has 3 saturated heterocycles. The van der Waals surface area contributed by atoms with Crippen LogP contribution in [0.1, 0.15) is 74.3 Å². The zero-order valence-corrected chi connectivity index (χ0v) is 29.8. The molecule has 15 atom stereocenters. The van der Waals surface area contributed by atoms with Crippen molar-refractivity contribution < 1.29 is 47.5 Å². The Morgan fingerprint density at radius 1 is 0.745 bits per heavy atom. The molecule has 1 aromatic rings. The number of methoxy groups -OCH3 is 1. The maximum absolute atomic E-state index is 12.4. The van der Waals surface area contributed by atoms with Gasteiger partial charge in [0.2, 0.25) is 5.91 Å². The lowest BCUT2D eigenvalue weighted by molar-refractivity contribution is -0.365. The molecule has 0 aliphatic carbocycles. The highest BCUT2D eigenvalue weighted by atomic mass is 16.8. The van der Waals surface area contributed by atoms with Gasteiger partial charge >= 0.3 is 5.97 Å². The van der Waals surface area contributed by atoms with Gasteiger partial charge < -0.3 is 43.2 Å². The normalized spacial score (nSPS) is 40.9. The molecule has 0 spiro atoms. The Morgan fingerprint density at radius 3 is 2.02 bits per heavy atom. The van der Waals surface area contributed by atoms with Crippen molar-refractivity contribution in [3.63, 3.8) is 0 Å². The Hall–Kier alpha value is -2.12. The number of carbonyl (C=O) groups is 2. The Balaban J connectivity index is 1.57.